The first-order valence-corrected chi connectivity index (χ1v) is 8.28. The molecule has 0 N–H and O–H groups in total. The largest absolute Gasteiger partial charge is 0.294 e. The van der Waals surface area contributed by atoms with Crippen molar-refractivity contribution in [2.45, 2.75) is 32.6 Å². The molecule has 0 saturated heterocycles. The van der Waals surface area contributed by atoms with Crippen molar-refractivity contribution in [1.29, 1.82) is 0 Å². The van der Waals surface area contributed by atoms with Crippen molar-refractivity contribution in [1.82, 2.24) is 0 Å². The Bertz CT molecular complexity index is 700. The summed E-state index contributed by atoms with van der Waals surface area (Å²) in [6, 6.07) is 14.7. The molecule has 0 bridgehead atoms. The summed E-state index contributed by atoms with van der Waals surface area (Å²) in [5.74, 6) is 0.0657. The molecule has 0 heterocycles. The fraction of sp³-hybridized carbons (Fsp3) is 0.300. The van der Waals surface area contributed by atoms with Crippen LogP contribution in [0.3, 0.4) is 0 Å². The Kier molecular flexibility index (Phi) is 6.38. The number of hydrogen-bond acceptors (Lipinski definition) is 1. The zero-order valence-electron chi connectivity index (χ0n) is 13.3. The lowest BCUT2D eigenvalue weighted by atomic mass is 9.87. The van der Waals surface area contributed by atoms with Crippen LogP contribution in [-0.2, 0) is 6.42 Å². The maximum atomic E-state index is 12.9. The Hall–Kier alpha value is -2.11. The molecule has 2 nitrogen and oxygen atoms in total. The van der Waals surface area contributed by atoms with Gasteiger partial charge >= 0.3 is 0 Å². The number of rotatable bonds is 7. The molecule has 2 aromatic carbocycles. The number of nitrogens with zero attached hydrogens (tertiary/aromatic N) is 1. The van der Waals surface area contributed by atoms with Crippen LogP contribution in [0, 0.1) is 12.5 Å². The van der Waals surface area contributed by atoms with Crippen LogP contribution in [0.2, 0.25) is 5.02 Å². The van der Waals surface area contributed by atoms with Gasteiger partial charge in [0.2, 0.25) is 0 Å². The van der Waals surface area contributed by atoms with Gasteiger partial charge in [-0.25, -0.2) is 4.85 Å². The normalized spacial score (nSPS) is 11.7. The van der Waals surface area contributed by atoms with E-state index in [0.29, 0.717) is 22.7 Å². The van der Waals surface area contributed by atoms with Crippen molar-refractivity contribution in [2.24, 2.45) is 5.92 Å². The molecule has 1 atom stereocenters. The topological polar surface area (TPSA) is 21.4 Å². The number of halogens is 1. The predicted molar refractivity (Wildman–Crippen MR) is 95.2 cm³/mol. The summed E-state index contributed by atoms with van der Waals surface area (Å²) >= 11 is 5.93. The Balaban J connectivity index is 2.20. The lowest BCUT2D eigenvalue weighted by molar-refractivity contribution is 0.0911. The molecule has 23 heavy (non-hydrogen) atoms. The molecular formula is C20H20ClNO. The molecular weight excluding hydrogens is 306 g/mol. The Morgan fingerprint density at radius 1 is 1.22 bits per heavy atom. The maximum absolute atomic E-state index is 12.9. The van der Waals surface area contributed by atoms with E-state index in [1.54, 1.807) is 24.3 Å². The second-order valence-corrected chi connectivity index (χ2v) is 6.13. The van der Waals surface area contributed by atoms with E-state index in [0.717, 1.165) is 24.8 Å². The van der Waals surface area contributed by atoms with E-state index in [-0.39, 0.29) is 11.7 Å². The highest BCUT2D eigenvalue weighted by molar-refractivity contribution is 6.30. The van der Waals surface area contributed by atoms with Crippen LogP contribution in [0.15, 0.2) is 48.5 Å². The smallest absolute Gasteiger partial charge is 0.187 e. The van der Waals surface area contributed by atoms with E-state index in [1.807, 2.05) is 24.3 Å². The Morgan fingerprint density at radius 3 is 2.61 bits per heavy atom. The van der Waals surface area contributed by atoms with Gasteiger partial charge in [-0.05, 0) is 36.6 Å². The summed E-state index contributed by atoms with van der Waals surface area (Å²) in [6.45, 7) is 9.23. The fourth-order valence-corrected chi connectivity index (χ4v) is 2.77. The van der Waals surface area contributed by atoms with Gasteiger partial charge in [0.1, 0.15) is 0 Å². The van der Waals surface area contributed by atoms with E-state index in [2.05, 4.69) is 11.8 Å². The van der Waals surface area contributed by atoms with Gasteiger partial charge in [-0.15, -0.1) is 0 Å². The van der Waals surface area contributed by atoms with Crippen LogP contribution >= 0.6 is 11.6 Å². The molecule has 0 aliphatic heterocycles. The number of benzene rings is 2. The molecule has 0 spiro atoms. The molecule has 2 rings (SSSR count). The lowest BCUT2D eigenvalue weighted by Crippen LogP contribution is -2.17. The van der Waals surface area contributed by atoms with Crippen LogP contribution in [0.1, 0.15) is 42.1 Å². The van der Waals surface area contributed by atoms with Gasteiger partial charge in [0.25, 0.3) is 0 Å². The summed E-state index contributed by atoms with van der Waals surface area (Å²) < 4.78 is 0. The number of ketones is 1. The second kappa shape index (κ2) is 8.50. The third-order valence-corrected chi connectivity index (χ3v) is 4.18. The minimum absolute atomic E-state index is 0.0582. The molecule has 0 aliphatic carbocycles. The van der Waals surface area contributed by atoms with Gasteiger partial charge in [-0.1, -0.05) is 61.7 Å². The summed E-state index contributed by atoms with van der Waals surface area (Å²) in [7, 11) is 0. The SMILES string of the molecule is [C-]#[N+]c1cccc(C(=O)C(CCCC)Cc2ccc(Cl)cc2)c1. The molecule has 2 aromatic rings. The Labute approximate surface area is 142 Å². The standard InChI is InChI=1S/C20H20ClNO/c1-3-4-6-16(13-15-9-11-18(21)12-10-15)20(23)17-7-5-8-19(14-17)22-2/h5,7-12,14,16H,3-4,6,13H2,1H3. The third kappa shape index (κ3) is 4.94. The summed E-state index contributed by atoms with van der Waals surface area (Å²) in [5, 5.41) is 0.704. The molecule has 118 valence electrons. The van der Waals surface area contributed by atoms with Crippen molar-refractivity contribution < 1.29 is 4.79 Å². The van der Waals surface area contributed by atoms with Crippen molar-refractivity contribution in [3.63, 3.8) is 0 Å². The first kappa shape index (κ1) is 17.2. The van der Waals surface area contributed by atoms with E-state index < -0.39 is 0 Å². The molecule has 0 aliphatic rings. The van der Waals surface area contributed by atoms with Crippen LogP contribution in [0.5, 0.6) is 0 Å². The molecule has 3 heteroatoms. The average molecular weight is 326 g/mol. The van der Waals surface area contributed by atoms with Crippen LogP contribution < -0.4 is 0 Å². The zero-order chi connectivity index (χ0) is 16.7. The number of carbonyl (C=O) groups is 1. The minimum atomic E-state index is -0.0582. The molecule has 0 fully saturated rings. The van der Waals surface area contributed by atoms with E-state index in [1.165, 1.54) is 0 Å². The van der Waals surface area contributed by atoms with Gasteiger partial charge in [-0.3, -0.25) is 4.79 Å². The average Bonchev–Trinajstić information content (AvgIpc) is 2.59. The van der Waals surface area contributed by atoms with Gasteiger partial charge < -0.3 is 0 Å². The molecule has 0 aromatic heterocycles. The zero-order valence-corrected chi connectivity index (χ0v) is 14.0. The first-order valence-electron chi connectivity index (χ1n) is 7.90. The quantitative estimate of drug-likeness (QED) is 0.443. The van der Waals surface area contributed by atoms with E-state index in [9.17, 15) is 4.79 Å². The lowest BCUT2D eigenvalue weighted by Gasteiger charge is -2.16. The third-order valence-electron chi connectivity index (χ3n) is 3.93. The summed E-state index contributed by atoms with van der Waals surface area (Å²) in [6.07, 6.45) is 3.65. The fourth-order valence-electron chi connectivity index (χ4n) is 2.65. The highest BCUT2D eigenvalue weighted by atomic mass is 35.5. The van der Waals surface area contributed by atoms with Crippen molar-refractivity contribution >= 4 is 23.1 Å². The van der Waals surface area contributed by atoms with Crippen molar-refractivity contribution in [2.75, 3.05) is 0 Å². The van der Waals surface area contributed by atoms with Gasteiger partial charge in [0.15, 0.2) is 11.5 Å². The second-order valence-electron chi connectivity index (χ2n) is 5.70. The molecule has 0 saturated carbocycles. The van der Waals surface area contributed by atoms with Crippen molar-refractivity contribution in [3.8, 4) is 0 Å². The van der Waals surface area contributed by atoms with Gasteiger partial charge in [-0.2, -0.15) is 0 Å². The number of hydrogen-bond donors (Lipinski definition) is 0. The molecule has 1 unspecified atom stereocenters. The summed E-state index contributed by atoms with van der Waals surface area (Å²) in [4.78, 5) is 16.3. The van der Waals surface area contributed by atoms with Gasteiger partial charge in [0, 0.05) is 16.5 Å². The van der Waals surface area contributed by atoms with E-state index >= 15 is 0 Å². The minimum Gasteiger partial charge on any atom is -0.294 e. The van der Waals surface area contributed by atoms with Gasteiger partial charge in [0.05, 0.1) is 6.57 Å². The number of carbonyl (C=O) groups excluding carboxylic acids is 1. The monoisotopic (exact) mass is 325 g/mol. The van der Waals surface area contributed by atoms with E-state index in [4.69, 9.17) is 18.2 Å². The number of unbranched alkanes of at least 4 members (excludes halogenated alkanes) is 1. The van der Waals surface area contributed by atoms with Crippen LogP contribution in [0.4, 0.5) is 5.69 Å². The number of Topliss-reactive ketones (excluding diaryl/α,β-unsaturated/α-hetero) is 1. The van der Waals surface area contributed by atoms with Crippen LogP contribution in [0.25, 0.3) is 4.85 Å². The highest BCUT2D eigenvalue weighted by Gasteiger charge is 2.20. The van der Waals surface area contributed by atoms with Crippen molar-refractivity contribution in [3.05, 3.63) is 76.1 Å². The predicted octanol–water partition coefficient (Wildman–Crippen LogP) is 6.12. The highest BCUT2D eigenvalue weighted by Crippen LogP contribution is 2.23. The summed E-state index contributed by atoms with van der Waals surface area (Å²) in [5.41, 5.74) is 2.26. The first-order chi connectivity index (χ1) is 11.1. The molecule has 0 radical (unpaired) electrons. The maximum Gasteiger partial charge on any atom is 0.187 e. The molecule has 0 amide bonds. The Morgan fingerprint density at radius 2 is 1.96 bits per heavy atom. The van der Waals surface area contributed by atoms with Crippen LogP contribution in [-0.4, -0.2) is 5.78 Å².